The lowest BCUT2D eigenvalue weighted by Gasteiger charge is -2.27. The highest BCUT2D eigenvalue weighted by Gasteiger charge is 2.38. The van der Waals surface area contributed by atoms with Crippen LogP contribution in [0.15, 0.2) is 0 Å². The van der Waals surface area contributed by atoms with Crippen LogP contribution >= 0.6 is 0 Å². The fraction of sp³-hybridized carbons (Fsp3) is 0.923. The molecule has 3 heteroatoms. The van der Waals surface area contributed by atoms with Gasteiger partial charge in [0.1, 0.15) is 0 Å². The van der Waals surface area contributed by atoms with E-state index in [0.29, 0.717) is 18.0 Å². The number of hydrogen-bond donors (Lipinski definition) is 1. The summed E-state index contributed by atoms with van der Waals surface area (Å²) in [5, 5.41) is 3.37. The van der Waals surface area contributed by atoms with Crippen molar-refractivity contribution in [2.75, 3.05) is 13.1 Å². The molecule has 1 amide bonds. The van der Waals surface area contributed by atoms with Crippen LogP contribution in [0.3, 0.4) is 0 Å². The monoisotopic (exact) mass is 224 g/mol. The number of nitrogens with zero attached hydrogens (tertiary/aromatic N) is 1. The van der Waals surface area contributed by atoms with Gasteiger partial charge in [0.05, 0.1) is 5.92 Å². The van der Waals surface area contributed by atoms with Crippen molar-refractivity contribution in [1.29, 1.82) is 0 Å². The number of amides is 1. The molecule has 1 N–H and O–H groups in total. The molecule has 1 saturated heterocycles. The molecule has 0 spiro atoms. The molecule has 0 radical (unpaired) electrons. The Labute approximate surface area is 98.6 Å². The Kier molecular flexibility index (Phi) is 3.85. The molecule has 2 atom stereocenters. The van der Waals surface area contributed by atoms with Crippen molar-refractivity contribution in [3.05, 3.63) is 0 Å². The molecule has 2 unspecified atom stereocenters. The van der Waals surface area contributed by atoms with Crippen molar-refractivity contribution in [3.63, 3.8) is 0 Å². The van der Waals surface area contributed by atoms with E-state index >= 15 is 0 Å². The molecule has 1 aliphatic heterocycles. The smallest absolute Gasteiger partial charge is 0.227 e. The molecular weight excluding hydrogens is 200 g/mol. The minimum absolute atomic E-state index is 0.234. The van der Waals surface area contributed by atoms with Crippen LogP contribution in [-0.2, 0) is 4.79 Å². The Morgan fingerprint density at radius 1 is 1.38 bits per heavy atom. The van der Waals surface area contributed by atoms with Gasteiger partial charge in [0, 0.05) is 18.6 Å². The summed E-state index contributed by atoms with van der Waals surface area (Å²) in [6.07, 6.45) is 5.80. The molecule has 0 aromatic rings. The maximum atomic E-state index is 12.4. The Morgan fingerprint density at radius 2 is 2.12 bits per heavy atom. The highest BCUT2D eigenvalue weighted by atomic mass is 16.2. The summed E-state index contributed by atoms with van der Waals surface area (Å²) in [7, 11) is 0. The van der Waals surface area contributed by atoms with Crippen LogP contribution < -0.4 is 5.32 Å². The first-order valence-corrected chi connectivity index (χ1v) is 6.78. The fourth-order valence-electron chi connectivity index (χ4n) is 2.60. The predicted octanol–water partition coefficient (Wildman–Crippen LogP) is 1.78. The van der Waals surface area contributed by atoms with E-state index in [2.05, 4.69) is 24.1 Å². The van der Waals surface area contributed by atoms with Crippen molar-refractivity contribution < 1.29 is 4.79 Å². The van der Waals surface area contributed by atoms with Crippen LogP contribution in [0.2, 0.25) is 0 Å². The maximum Gasteiger partial charge on any atom is 0.227 e. The van der Waals surface area contributed by atoms with E-state index < -0.39 is 0 Å². The summed E-state index contributed by atoms with van der Waals surface area (Å²) in [6.45, 7) is 6.31. The third-order valence-electron chi connectivity index (χ3n) is 3.87. The van der Waals surface area contributed by atoms with Crippen LogP contribution in [-0.4, -0.2) is 36.0 Å². The molecule has 0 bridgehead atoms. The minimum atomic E-state index is 0.234. The second-order valence-electron chi connectivity index (χ2n) is 5.25. The SMILES string of the molecule is CCCCN(C(=O)C1CCNC1C)C1CC1. The standard InChI is InChI=1S/C13H24N2O/c1-3-4-9-15(11-5-6-11)13(16)12-7-8-14-10(12)2/h10-12,14H,3-9H2,1-2H3. The molecule has 2 fully saturated rings. The molecule has 1 saturated carbocycles. The average Bonchev–Trinajstić information content (AvgIpc) is 3.01. The Bertz CT molecular complexity index is 250. The normalized spacial score (nSPS) is 29.4. The fourth-order valence-corrected chi connectivity index (χ4v) is 2.60. The molecule has 92 valence electrons. The third kappa shape index (κ3) is 2.57. The molecule has 2 rings (SSSR count). The summed E-state index contributed by atoms with van der Waals surface area (Å²) >= 11 is 0. The topological polar surface area (TPSA) is 32.3 Å². The number of carbonyl (C=O) groups is 1. The van der Waals surface area contributed by atoms with Crippen LogP contribution in [0.25, 0.3) is 0 Å². The van der Waals surface area contributed by atoms with E-state index in [1.807, 2.05) is 0 Å². The van der Waals surface area contributed by atoms with Crippen molar-refractivity contribution in [1.82, 2.24) is 10.2 Å². The number of rotatable bonds is 5. The van der Waals surface area contributed by atoms with Crippen molar-refractivity contribution in [3.8, 4) is 0 Å². The van der Waals surface area contributed by atoms with Gasteiger partial charge in [-0.25, -0.2) is 0 Å². The largest absolute Gasteiger partial charge is 0.339 e. The molecule has 1 heterocycles. The van der Waals surface area contributed by atoms with Crippen molar-refractivity contribution in [2.24, 2.45) is 5.92 Å². The Hall–Kier alpha value is -0.570. The first-order chi connectivity index (χ1) is 7.74. The van der Waals surface area contributed by atoms with E-state index in [1.165, 1.54) is 19.3 Å². The number of carbonyl (C=O) groups excluding carboxylic acids is 1. The molecular formula is C13H24N2O. The second-order valence-corrected chi connectivity index (χ2v) is 5.25. The van der Waals surface area contributed by atoms with Crippen LogP contribution in [0, 0.1) is 5.92 Å². The lowest BCUT2D eigenvalue weighted by molar-refractivity contribution is -0.136. The minimum Gasteiger partial charge on any atom is -0.339 e. The lowest BCUT2D eigenvalue weighted by Crippen LogP contribution is -2.42. The summed E-state index contributed by atoms with van der Waals surface area (Å²) < 4.78 is 0. The number of nitrogens with one attached hydrogen (secondary N) is 1. The molecule has 16 heavy (non-hydrogen) atoms. The Morgan fingerprint density at radius 3 is 2.62 bits per heavy atom. The van der Waals surface area contributed by atoms with Gasteiger partial charge in [-0.15, -0.1) is 0 Å². The highest BCUT2D eigenvalue weighted by Crippen LogP contribution is 2.30. The van der Waals surface area contributed by atoms with Gasteiger partial charge in [0.2, 0.25) is 5.91 Å². The number of hydrogen-bond acceptors (Lipinski definition) is 2. The zero-order valence-electron chi connectivity index (χ0n) is 10.5. The molecule has 2 aliphatic rings. The summed E-state index contributed by atoms with van der Waals surface area (Å²) in [5.74, 6) is 0.644. The highest BCUT2D eigenvalue weighted by molar-refractivity contribution is 5.80. The van der Waals surface area contributed by atoms with Crippen molar-refractivity contribution >= 4 is 5.91 Å². The van der Waals surface area contributed by atoms with Gasteiger partial charge in [0.15, 0.2) is 0 Å². The predicted molar refractivity (Wildman–Crippen MR) is 65.2 cm³/mol. The second kappa shape index (κ2) is 5.17. The van der Waals surface area contributed by atoms with Gasteiger partial charge in [0.25, 0.3) is 0 Å². The summed E-state index contributed by atoms with van der Waals surface area (Å²) in [4.78, 5) is 14.6. The van der Waals surface area contributed by atoms with E-state index in [1.54, 1.807) is 0 Å². The van der Waals surface area contributed by atoms with Crippen LogP contribution in [0.4, 0.5) is 0 Å². The average molecular weight is 224 g/mol. The zero-order valence-corrected chi connectivity index (χ0v) is 10.5. The lowest BCUT2D eigenvalue weighted by atomic mass is 10.00. The zero-order chi connectivity index (χ0) is 11.5. The van der Waals surface area contributed by atoms with Crippen molar-refractivity contribution in [2.45, 2.75) is 58.0 Å². The van der Waals surface area contributed by atoms with Gasteiger partial charge >= 0.3 is 0 Å². The van der Waals surface area contributed by atoms with E-state index in [-0.39, 0.29) is 5.92 Å². The van der Waals surface area contributed by atoms with E-state index in [4.69, 9.17) is 0 Å². The molecule has 3 nitrogen and oxygen atoms in total. The number of unbranched alkanes of at least 4 members (excludes halogenated alkanes) is 1. The summed E-state index contributed by atoms with van der Waals surface area (Å²) in [5.41, 5.74) is 0. The van der Waals surface area contributed by atoms with Gasteiger partial charge in [-0.05, 0) is 39.2 Å². The Balaban J connectivity index is 1.93. The first-order valence-electron chi connectivity index (χ1n) is 6.78. The molecule has 0 aromatic heterocycles. The van der Waals surface area contributed by atoms with Crippen LogP contribution in [0.5, 0.6) is 0 Å². The van der Waals surface area contributed by atoms with Gasteiger partial charge in [-0.1, -0.05) is 13.3 Å². The van der Waals surface area contributed by atoms with Gasteiger partial charge in [-0.3, -0.25) is 4.79 Å². The summed E-state index contributed by atoms with van der Waals surface area (Å²) in [6, 6.07) is 0.947. The van der Waals surface area contributed by atoms with E-state index in [0.717, 1.165) is 25.9 Å². The molecule has 1 aliphatic carbocycles. The quantitative estimate of drug-likeness (QED) is 0.772. The van der Waals surface area contributed by atoms with E-state index in [9.17, 15) is 4.79 Å². The first kappa shape index (κ1) is 11.9. The van der Waals surface area contributed by atoms with Crippen LogP contribution in [0.1, 0.15) is 46.0 Å². The third-order valence-corrected chi connectivity index (χ3v) is 3.87. The van der Waals surface area contributed by atoms with Gasteiger partial charge in [-0.2, -0.15) is 0 Å². The molecule has 0 aromatic carbocycles. The maximum absolute atomic E-state index is 12.4. The van der Waals surface area contributed by atoms with Gasteiger partial charge < -0.3 is 10.2 Å².